The topological polar surface area (TPSA) is 41.0 Å². The van der Waals surface area contributed by atoms with Crippen molar-refractivity contribution in [1.82, 2.24) is 10.2 Å². The molecule has 0 amide bonds. The number of rotatable bonds is 1. The molecule has 9 heavy (non-hydrogen) atoms. The van der Waals surface area contributed by atoms with Gasteiger partial charge < -0.3 is 0 Å². The predicted octanol–water partition coefficient (Wildman–Crippen LogP) is 0.849. The molecular formula is C6H9N3. The number of nitrogens with zero attached hydrogens (tertiary/aromatic N) is 2. The lowest BCUT2D eigenvalue weighted by atomic mass is 10.3. The molecule has 1 heterocycles. The molecule has 0 unspecified atom stereocenters. The average molecular weight is 123 g/mol. The highest BCUT2D eigenvalue weighted by Crippen LogP contribution is 1.92. The third kappa shape index (κ3) is 1.16. The third-order valence-electron chi connectivity index (χ3n) is 1.23. The normalized spacial score (nSPS) is 12.0. The van der Waals surface area contributed by atoms with Gasteiger partial charge in [0.2, 0.25) is 0 Å². The lowest BCUT2D eigenvalue weighted by molar-refractivity contribution is 1.08. The van der Waals surface area contributed by atoms with Crippen LogP contribution in [0.1, 0.15) is 12.6 Å². The summed E-state index contributed by atoms with van der Waals surface area (Å²) < 4.78 is 0. The predicted molar refractivity (Wildman–Crippen MR) is 36.7 cm³/mol. The van der Waals surface area contributed by atoms with E-state index in [4.69, 9.17) is 0 Å². The first-order valence-electron chi connectivity index (χ1n) is 2.77. The molecule has 0 saturated carbocycles. The summed E-state index contributed by atoms with van der Waals surface area (Å²) in [6.07, 6.45) is 1.71. The lowest BCUT2D eigenvalue weighted by Crippen LogP contribution is -1.93. The van der Waals surface area contributed by atoms with Crippen LogP contribution in [0.3, 0.4) is 0 Å². The Morgan fingerprint density at radius 2 is 2.56 bits per heavy atom. The smallest absolute Gasteiger partial charge is 0.0785 e. The molecule has 3 heteroatoms. The minimum absolute atomic E-state index is 0.979. The fourth-order valence-corrected chi connectivity index (χ4v) is 0.578. The second kappa shape index (κ2) is 2.44. The molecular weight excluding hydrogens is 114 g/mol. The quantitative estimate of drug-likeness (QED) is 0.552. The highest BCUT2D eigenvalue weighted by Gasteiger charge is 1.93. The van der Waals surface area contributed by atoms with Crippen molar-refractivity contribution in [2.45, 2.75) is 6.92 Å². The van der Waals surface area contributed by atoms with Crippen molar-refractivity contribution in [2.24, 2.45) is 4.99 Å². The minimum atomic E-state index is 0.979. The Bertz CT molecular complexity index is 198. The molecule has 0 aromatic carbocycles. The fraction of sp³-hybridized carbons (Fsp3) is 0.333. The van der Waals surface area contributed by atoms with Gasteiger partial charge in [0.15, 0.2) is 0 Å². The average Bonchev–Trinajstić information content (AvgIpc) is 2.37. The Kier molecular flexibility index (Phi) is 1.63. The molecule has 3 nitrogen and oxygen atoms in total. The van der Waals surface area contributed by atoms with E-state index >= 15 is 0 Å². The number of H-pyrrole nitrogens is 1. The Balaban J connectivity index is 2.90. The van der Waals surface area contributed by atoms with E-state index in [9.17, 15) is 0 Å². The second-order valence-corrected chi connectivity index (χ2v) is 1.78. The highest BCUT2D eigenvalue weighted by molar-refractivity contribution is 5.96. The van der Waals surface area contributed by atoms with Crippen molar-refractivity contribution in [1.29, 1.82) is 0 Å². The van der Waals surface area contributed by atoms with E-state index in [-0.39, 0.29) is 0 Å². The summed E-state index contributed by atoms with van der Waals surface area (Å²) in [6, 6.07) is 1.89. The van der Waals surface area contributed by atoms with Crippen molar-refractivity contribution in [3.05, 3.63) is 18.0 Å². The van der Waals surface area contributed by atoms with Gasteiger partial charge in [0, 0.05) is 13.2 Å². The molecule has 0 fully saturated rings. The molecule has 0 saturated heterocycles. The van der Waals surface area contributed by atoms with E-state index in [2.05, 4.69) is 15.2 Å². The molecule has 0 aliphatic carbocycles. The van der Waals surface area contributed by atoms with Crippen LogP contribution >= 0.6 is 0 Å². The summed E-state index contributed by atoms with van der Waals surface area (Å²) in [7, 11) is 1.76. The van der Waals surface area contributed by atoms with Crippen LogP contribution in [-0.4, -0.2) is 23.0 Å². The molecule has 0 radical (unpaired) electrons. The summed E-state index contributed by atoms with van der Waals surface area (Å²) in [5.41, 5.74) is 1.96. The number of hydrogen-bond donors (Lipinski definition) is 1. The molecule has 0 aliphatic heterocycles. The monoisotopic (exact) mass is 123 g/mol. The van der Waals surface area contributed by atoms with Gasteiger partial charge >= 0.3 is 0 Å². The molecule has 1 aromatic rings. The first-order valence-corrected chi connectivity index (χ1v) is 2.77. The van der Waals surface area contributed by atoms with E-state index < -0.39 is 0 Å². The molecule has 0 bridgehead atoms. The van der Waals surface area contributed by atoms with Gasteiger partial charge in [-0.1, -0.05) is 0 Å². The van der Waals surface area contributed by atoms with Crippen LogP contribution in [0.25, 0.3) is 0 Å². The Morgan fingerprint density at radius 3 is 3.00 bits per heavy atom. The number of nitrogens with one attached hydrogen (secondary N) is 1. The first-order chi connectivity index (χ1) is 4.34. The largest absolute Gasteiger partial charge is 0.291 e. The van der Waals surface area contributed by atoms with Gasteiger partial charge in [0.05, 0.1) is 11.4 Å². The summed E-state index contributed by atoms with van der Waals surface area (Å²) >= 11 is 0. The van der Waals surface area contributed by atoms with Crippen LogP contribution < -0.4 is 0 Å². The number of aromatic amines is 1. The summed E-state index contributed by atoms with van der Waals surface area (Å²) in [4.78, 5) is 3.98. The minimum Gasteiger partial charge on any atom is -0.291 e. The molecule has 48 valence electrons. The lowest BCUT2D eigenvalue weighted by Gasteiger charge is -1.89. The zero-order valence-electron chi connectivity index (χ0n) is 5.55. The number of hydrogen-bond acceptors (Lipinski definition) is 2. The summed E-state index contributed by atoms with van der Waals surface area (Å²) in [5.74, 6) is 0. The van der Waals surface area contributed by atoms with Crippen molar-refractivity contribution in [3.63, 3.8) is 0 Å². The molecule has 1 rings (SSSR count). The van der Waals surface area contributed by atoms with Crippen LogP contribution in [-0.2, 0) is 0 Å². The zero-order chi connectivity index (χ0) is 6.69. The maximum absolute atomic E-state index is 3.98. The van der Waals surface area contributed by atoms with Crippen LogP contribution in [0, 0.1) is 0 Å². The van der Waals surface area contributed by atoms with E-state index in [1.165, 1.54) is 0 Å². The SMILES string of the molecule is CN=C(C)c1ccn[nH]1. The van der Waals surface area contributed by atoms with Gasteiger partial charge in [-0.25, -0.2) is 0 Å². The zero-order valence-corrected chi connectivity index (χ0v) is 5.55. The van der Waals surface area contributed by atoms with Crippen LogP contribution in [0.4, 0.5) is 0 Å². The van der Waals surface area contributed by atoms with Gasteiger partial charge in [-0.15, -0.1) is 0 Å². The van der Waals surface area contributed by atoms with E-state index in [1.54, 1.807) is 13.2 Å². The van der Waals surface area contributed by atoms with Gasteiger partial charge in [-0.05, 0) is 13.0 Å². The fourth-order valence-electron chi connectivity index (χ4n) is 0.578. The second-order valence-electron chi connectivity index (χ2n) is 1.78. The molecule has 1 N–H and O–H groups in total. The van der Waals surface area contributed by atoms with Crippen molar-refractivity contribution >= 4 is 5.71 Å². The molecule has 0 atom stereocenters. The maximum Gasteiger partial charge on any atom is 0.0785 e. The van der Waals surface area contributed by atoms with Crippen molar-refractivity contribution < 1.29 is 0 Å². The van der Waals surface area contributed by atoms with E-state index in [1.807, 2.05) is 13.0 Å². The van der Waals surface area contributed by atoms with Crippen LogP contribution in [0.2, 0.25) is 0 Å². The Morgan fingerprint density at radius 1 is 1.78 bits per heavy atom. The Hall–Kier alpha value is -1.12. The van der Waals surface area contributed by atoms with E-state index in [0.717, 1.165) is 11.4 Å². The maximum atomic E-state index is 3.98. The number of aromatic nitrogens is 2. The third-order valence-corrected chi connectivity index (χ3v) is 1.23. The Labute approximate surface area is 53.8 Å². The first kappa shape index (κ1) is 6.01. The van der Waals surface area contributed by atoms with Crippen molar-refractivity contribution in [3.8, 4) is 0 Å². The molecule has 0 aliphatic rings. The molecule has 0 spiro atoms. The van der Waals surface area contributed by atoms with Crippen LogP contribution in [0.5, 0.6) is 0 Å². The summed E-state index contributed by atoms with van der Waals surface area (Å²) in [6.45, 7) is 1.94. The summed E-state index contributed by atoms with van der Waals surface area (Å²) in [5, 5.41) is 6.59. The van der Waals surface area contributed by atoms with Gasteiger partial charge in [0.25, 0.3) is 0 Å². The standard InChI is InChI=1S/C6H9N3/c1-5(7-2)6-3-4-8-9-6/h3-4H,1-2H3,(H,8,9). The molecule has 1 aromatic heterocycles. The van der Waals surface area contributed by atoms with Crippen LogP contribution in [0.15, 0.2) is 17.3 Å². The van der Waals surface area contributed by atoms with Gasteiger partial charge in [0.1, 0.15) is 0 Å². The highest BCUT2D eigenvalue weighted by atomic mass is 15.1. The van der Waals surface area contributed by atoms with Gasteiger partial charge in [-0.2, -0.15) is 5.10 Å². The van der Waals surface area contributed by atoms with E-state index in [0.29, 0.717) is 0 Å². The van der Waals surface area contributed by atoms with Gasteiger partial charge in [-0.3, -0.25) is 10.1 Å². The number of aliphatic imine (C=N–C) groups is 1. The van der Waals surface area contributed by atoms with Crippen molar-refractivity contribution in [2.75, 3.05) is 7.05 Å².